The second kappa shape index (κ2) is 49.1. The molecule has 0 heterocycles. The molecule has 0 aromatic carbocycles. The Balaban J connectivity index is 5.17. The zero-order chi connectivity index (χ0) is 55.8. The number of carbonyl (C=O) groups excluding carboxylic acids is 4. The van der Waals surface area contributed by atoms with Gasteiger partial charge in [0.2, 0.25) is 0 Å². The molecule has 0 bridgehead atoms. The third-order valence-electron chi connectivity index (χ3n) is 12.7. The maximum atomic E-state index is 12.9. The molecule has 0 aromatic rings. The van der Waals surface area contributed by atoms with Gasteiger partial charge in [-0.15, -0.1) is 0 Å². The van der Waals surface area contributed by atoms with Crippen LogP contribution >= 0.6 is 15.6 Å². The van der Waals surface area contributed by atoms with Crippen LogP contribution in [-0.2, 0) is 65.4 Å². The van der Waals surface area contributed by atoms with Gasteiger partial charge in [-0.25, -0.2) is 9.13 Å². The summed E-state index contributed by atoms with van der Waals surface area (Å²) in [6.45, 7) is 9.23. The number of rotatable bonds is 55. The number of unbranched alkanes of at least 4 members (excludes halogenated alkanes) is 25. The Morgan fingerprint density at radius 1 is 0.360 bits per heavy atom. The van der Waals surface area contributed by atoms with Crippen LogP contribution in [0.2, 0.25) is 0 Å². The number of hydrogen-bond acceptors (Lipinski definition) is 15. The van der Waals surface area contributed by atoms with Crippen molar-refractivity contribution in [1.29, 1.82) is 0 Å². The van der Waals surface area contributed by atoms with Gasteiger partial charge in [0.1, 0.15) is 19.3 Å². The predicted octanol–water partition coefficient (Wildman–Crippen LogP) is 14.5. The van der Waals surface area contributed by atoms with Crippen LogP contribution in [-0.4, -0.2) is 96.7 Å². The lowest BCUT2D eigenvalue weighted by Gasteiger charge is -2.21. The van der Waals surface area contributed by atoms with Crippen molar-refractivity contribution in [2.45, 2.75) is 285 Å². The summed E-state index contributed by atoms with van der Waals surface area (Å²) in [4.78, 5) is 71.4. The first-order valence-corrected chi connectivity index (χ1v) is 32.5. The molecule has 444 valence electrons. The quantitative estimate of drug-likeness (QED) is 0.0222. The minimum atomic E-state index is -4.93. The van der Waals surface area contributed by atoms with E-state index in [4.69, 9.17) is 37.0 Å². The van der Waals surface area contributed by atoms with E-state index in [-0.39, 0.29) is 25.7 Å². The molecule has 0 radical (unpaired) electrons. The summed E-state index contributed by atoms with van der Waals surface area (Å²) in [6.07, 6.45) is 28.5. The fraction of sp³-hybridized carbons (Fsp3) is 0.929. The van der Waals surface area contributed by atoms with E-state index in [2.05, 4.69) is 41.5 Å². The average molecular weight is 1120 g/mol. The van der Waals surface area contributed by atoms with Crippen molar-refractivity contribution in [3.63, 3.8) is 0 Å². The summed E-state index contributed by atoms with van der Waals surface area (Å²) in [5, 5.41) is 10.5. The molecule has 0 rings (SSSR count). The van der Waals surface area contributed by atoms with Crippen LogP contribution in [0, 0.1) is 11.8 Å². The van der Waals surface area contributed by atoms with Gasteiger partial charge in [0.05, 0.1) is 26.4 Å². The summed E-state index contributed by atoms with van der Waals surface area (Å²) in [7, 11) is -9.86. The van der Waals surface area contributed by atoms with E-state index in [1.54, 1.807) is 0 Å². The van der Waals surface area contributed by atoms with E-state index in [0.29, 0.717) is 31.6 Å². The Hall–Kier alpha value is -1.94. The van der Waals surface area contributed by atoms with Crippen molar-refractivity contribution in [2.24, 2.45) is 11.8 Å². The molecule has 17 nitrogen and oxygen atoms in total. The van der Waals surface area contributed by atoms with Gasteiger partial charge in [0.15, 0.2) is 12.2 Å². The average Bonchev–Trinajstić information content (AvgIpc) is 3.36. The number of esters is 4. The van der Waals surface area contributed by atoms with Crippen molar-refractivity contribution in [2.75, 3.05) is 39.6 Å². The standard InChI is InChI=1S/C56H108O17P2/c1-7-9-11-13-19-28-34-40-55(60)72-51(44-66-53(58)38-32-24-12-10-8-2)46-70-74(62,63)68-42-50(57)43-69-75(64,65)71-47-52(45-67-54(59)39-33-27-23-18-21-26-31-37-49(5)6)73-56(61)41-35-29-22-17-15-14-16-20-25-30-36-48(3)4/h48-52,57H,7-47H2,1-6H3,(H,62,63)(H,64,65)/t50-,51+,52+/m0/s1. The van der Waals surface area contributed by atoms with Gasteiger partial charge in [-0.05, 0) is 37.5 Å². The second-order valence-electron chi connectivity index (χ2n) is 21.3. The van der Waals surface area contributed by atoms with Gasteiger partial charge in [0.25, 0.3) is 0 Å². The highest BCUT2D eigenvalue weighted by molar-refractivity contribution is 7.47. The molecule has 3 N–H and O–H groups in total. The van der Waals surface area contributed by atoms with E-state index in [1.807, 2.05) is 0 Å². The molecule has 0 saturated heterocycles. The highest BCUT2D eigenvalue weighted by Gasteiger charge is 2.30. The first kappa shape index (κ1) is 73.1. The molecule has 19 heteroatoms. The van der Waals surface area contributed by atoms with Gasteiger partial charge in [-0.2, -0.15) is 0 Å². The van der Waals surface area contributed by atoms with Crippen LogP contribution in [0.5, 0.6) is 0 Å². The van der Waals surface area contributed by atoms with Crippen LogP contribution in [0.15, 0.2) is 0 Å². The summed E-state index contributed by atoms with van der Waals surface area (Å²) in [5.74, 6) is -0.705. The molecule has 2 unspecified atom stereocenters. The van der Waals surface area contributed by atoms with E-state index in [0.717, 1.165) is 121 Å². The van der Waals surface area contributed by atoms with Crippen molar-refractivity contribution in [3.8, 4) is 0 Å². The van der Waals surface area contributed by atoms with E-state index in [1.165, 1.54) is 57.8 Å². The fourth-order valence-corrected chi connectivity index (χ4v) is 9.70. The lowest BCUT2D eigenvalue weighted by Crippen LogP contribution is -2.30. The number of phosphoric ester groups is 2. The van der Waals surface area contributed by atoms with Crippen LogP contribution in [0.1, 0.15) is 266 Å². The lowest BCUT2D eigenvalue weighted by atomic mass is 10.0. The molecule has 0 saturated carbocycles. The molecule has 0 aromatic heterocycles. The molecule has 0 aliphatic heterocycles. The second-order valence-corrected chi connectivity index (χ2v) is 24.2. The van der Waals surface area contributed by atoms with Gasteiger partial charge in [0, 0.05) is 25.7 Å². The third-order valence-corrected chi connectivity index (χ3v) is 14.6. The Bertz CT molecular complexity index is 1500. The van der Waals surface area contributed by atoms with Crippen LogP contribution in [0.3, 0.4) is 0 Å². The van der Waals surface area contributed by atoms with E-state index in [9.17, 15) is 43.2 Å². The predicted molar refractivity (Wildman–Crippen MR) is 294 cm³/mol. The van der Waals surface area contributed by atoms with Crippen molar-refractivity contribution >= 4 is 39.5 Å². The van der Waals surface area contributed by atoms with Crippen molar-refractivity contribution in [3.05, 3.63) is 0 Å². The molecule has 0 aliphatic rings. The number of phosphoric acid groups is 2. The van der Waals surface area contributed by atoms with Gasteiger partial charge in [-0.1, -0.05) is 215 Å². The Morgan fingerprint density at radius 3 is 0.907 bits per heavy atom. The molecular formula is C56H108O17P2. The van der Waals surface area contributed by atoms with E-state index < -0.39 is 97.5 Å². The molecule has 0 aliphatic carbocycles. The van der Waals surface area contributed by atoms with Crippen LogP contribution < -0.4 is 0 Å². The summed E-state index contributed by atoms with van der Waals surface area (Å²) in [6, 6.07) is 0. The monoisotopic (exact) mass is 1110 g/mol. The normalized spacial score (nSPS) is 14.5. The summed E-state index contributed by atoms with van der Waals surface area (Å²) >= 11 is 0. The number of aliphatic hydroxyl groups excluding tert-OH is 1. The number of carbonyl (C=O) groups is 4. The third kappa shape index (κ3) is 51.3. The number of aliphatic hydroxyl groups is 1. The highest BCUT2D eigenvalue weighted by Crippen LogP contribution is 2.45. The van der Waals surface area contributed by atoms with Crippen LogP contribution in [0.25, 0.3) is 0 Å². The Labute approximate surface area is 454 Å². The molecule has 75 heavy (non-hydrogen) atoms. The SMILES string of the molecule is CCCCCCCCCC(=O)O[C@H](COC(=O)CCCCCCC)COP(=O)(O)OC[C@H](O)COP(=O)(O)OC[C@@H](COC(=O)CCCCCCCCCC(C)C)OC(=O)CCCCCCCCCCCCC(C)C. The largest absolute Gasteiger partial charge is 0.472 e. The van der Waals surface area contributed by atoms with Crippen molar-refractivity contribution < 1.29 is 80.2 Å². The Kier molecular flexibility index (Phi) is 47.9. The van der Waals surface area contributed by atoms with Gasteiger partial charge < -0.3 is 33.8 Å². The number of ether oxygens (including phenoxy) is 4. The Morgan fingerprint density at radius 2 is 0.613 bits per heavy atom. The maximum absolute atomic E-state index is 12.9. The fourth-order valence-electron chi connectivity index (χ4n) is 8.12. The molecule has 0 fully saturated rings. The zero-order valence-corrected chi connectivity index (χ0v) is 49.6. The zero-order valence-electron chi connectivity index (χ0n) is 47.8. The topological polar surface area (TPSA) is 237 Å². The smallest absolute Gasteiger partial charge is 0.462 e. The highest BCUT2D eigenvalue weighted by atomic mass is 31.2. The van der Waals surface area contributed by atoms with Gasteiger partial charge >= 0.3 is 39.5 Å². The first-order chi connectivity index (χ1) is 35.9. The van der Waals surface area contributed by atoms with Crippen LogP contribution in [0.4, 0.5) is 0 Å². The molecule has 0 amide bonds. The molecular weight excluding hydrogens is 1010 g/mol. The van der Waals surface area contributed by atoms with Gasteiger partial charge in [-0.3, -0.25) is 37.3 Å². The lowest BCUT2D eigenvalue weighted by molar-refractivity contribution is -0.161. The summed E-state index contributed by atoms with van der Waals surface area (Å²) in [5.41, 5.74) is 0. The number of hydrogen-bond donors (Lipinski definition) is 3. The molecule has 5 atom stereocenters. The summed E-state index contributed by atoms with van der Waals surface area (Å²) < 4.78 is 67.3. The minimum absolute atomic E-state index is 0.102. The van der Waals surface area contributed by atoms with Crippen molar-refractivity contribution in [1.82, 2.24) is 0 Å². The maximum Gasteiger partial charge on any atom is 0.472 e. The molecule has 0 spiro atoms. The first-order valence-electron chi connectivity index (χ1n) is 29.5. The van der Waals surface area contributed by atoms with E-state index >= 15 is 0 Å². The minimum Gasteiger partial charge on any atom is -0.462 e.